The zero-order chi connectivity index (χ0) is 28.8. The standard InChI is InChI=1S/C30H36N6O4S/c1-2-40-28-15-7-6-14-26(28)34-21-19-33(20-22-34)17-8-9-18-35(30(31)37)27-23-36(29-25(27)13-10-16-32-29)41(38,39)24-11-4-3-5-12-24/h3-7,10-16,23H,2,8-9,17-22H2,1H3,(H2,31,37). The second-order valence-corrected chi connectivity index (χ2v) is 11.7. The molecule has 5 rings (SSSR count). The summed E-state index contributed by atoms with van der Waals surface area (Å²) in [6.07, 6.45) is 4.57. The molecule has 2 aromatic carbocycles. The van der Waals surface area contributed by atoms with Crippen LogP contribution < -0.4 is 20.3 Å². The van der Waals surface area contributed by atoms with E-state index in [0.717, 1.165) is 54.6 Å². The van der Waals surface area contributed by atoms with Gasteiger partial charge < -0.3 is 15.4 Å². The molecule has 0 aliphatic carbocycles. The summed E-state index contributed by atoms with van der Waals surface area (Å²) >= 11 is 0. The summed E-state index contributed by atoms with van der Waals surface area (Å²) in [6, 6.07) is 19.2. The molecule has 0 bridgehead atoms. The van der Waals surface area contributed by atoms with E-state index in [9.17, 15) is 13.2 Å². The lowest BCUT2D eigenvalue weighted by atomic mass is 10.2. The molecule has 1 aliphatic heterocycles. The Kier molecular flexibility index (Phi) is 8.75. The molecule has 2 N–H and O–H groups in total. The van der Waals surface area contributed by atoms with E-state index in [1.54, 1.807) is 30.3 Å². The number of ether oxygens (including phenoxy) is 1. The molecular formula is C30H36N6O4S. The van der Waals surface area contributed by atoms with Crippen LogP contribution in [-0.4, -0.2) is 74.2 Å². The van der Waals surface area contributed by atoms with Crippen LogP contribution in [-0.2, 0) is 10.0 Å². The van der Waals surface area contributed by atoms with Crippen LogP contribution in [0, 0.1) is 0 Å². The van der Waals surface area contributed by atoms with Gasteiger partial charge in [-0.05, 0) is 62.7 Å². The Morgan fingerprint density at radius 3 is 2.44 bits per heavy atom. The monoisotopic (exact) mass is 576 g/mol. The lowest BCUT2D eigenvalue weighted by Gasteiger charge is -2.36. The molecule has 1 aliphatic rings. The summed E-state index contributed by atoms with van der Waals surface area (Å²) in [5.74, 6) is 0.920. The average molecular weight is 577 g/mol. The Bertz CT molecular complexity index is 1580. The van der Waals surface area contributed by atoms with Crippen LogP contribution in [0.1, 0.15) is 19.8 Å². The highest BCUT2D eigenvalue weighted by Gasteiger charge is 2.26. The molecule has 11 heteroatoms. The first-order chi connectivity index (χ1) is 19.9. The second-order valence-electron chi connectivity index (χ2n) is 9.93. The molecule has 41 heavy (non-hydrogen) atoms. The highest BCUT2D eigenvalue weighted by atomic mass is 32.2. The van der Waals surface area contributed by atoms with Gasteiger partial charge >= 0.3 is 6.03 Å². The van der Waals surface area contributed by atoms with Crippen LogP contribution in [0.15, 0.2) is 84.0 Å². The van der Waals surface area contributed by atoms with E-state index in [0.29, 0.717) is 30.6 Å². The number of rotatable bonds is 11. The lowest BCUT2D eigenvalue weighted by molar-refractivity contribution is 0.248. The van der Waals surface area contributed by atoms with Gasteiger partial charge in [0.25, 0.3) is 10.0 Å². The first kappa shape index (κ1) is 28.4. The second kappa shape index (κ2) is 12.6. The number of hydrogen-bond donors (Lipinski definition) is 1. The molecular weight excluding hydrogens is 540 g/mol. The van der Waals surface area contributed by atoms with Gasteiger partial charge in [-0.25, -0.2) is 22.2 Å². The maximum absolute atomic E-state index is 13.4. The lowest BCUT2D eigenvalue weighted by Crippen LogP contribution is -2.46. The van der Waals surface area contributed by atoms with Crippen molar-refractivity contribution in [1.82, 2.24) is 13.9 Å². The number of aromatic nitrogens is 2. The van der Waals surface area contributed by atoms with Crippen LogP contribution in [0.5, 0.6) is 5.75 Å². The van der Waals surface area contributed by atoms with Crippen molar-refractivity contribution >= 4 is 38.5 Å². The van der Waals surface area contributed by atoms with E-state index in [1.165, 1.54) is 29.4 Å². The Labute approximate surface area is 241 Å². The van der Waals surface area contributed by atoms with Crippen molar-refractivity contribution in [2.24, 2.45) is 5.73 Å². The third-order valence-electron chi connectivity index (χ3n) is 7.35. The number of carbonyl (C=O) groups excluding carboxylic acids is 1. The summed E-state index contributed by atoms with van der Waals surface area (Å²) in [4.78, 5) is 23.3. The molecule has 216 valence electrons. The van der Waals surface area contributed by atoms with Crippen molar-refractivity contribution in [3.8, 4) is 5.75 Å². The Hall–Kier alpha value is -4.09. The molecule has 2 amide bonds. The van der Waals surface area contributed by atoms with Gasteiger partial charge in [0.15, 0.2) is 5.65 Å². The number of nitrogens with zero attached hydrogens (tertiary/aromatic N) is 5. The Morgan fingerprint density at radius 1 is 0.976 bits per heavy atom. The van der Waals surface area contributed by atoms with Crippen molar-refractivity contribution in [1.29, 1.82) is 0 Å². The van der Waals surface area contributed by atoms with E-state index in [4.69, 9.17) is 10.5 Å². The molecule has 3 heterocycles. The SMILES string of the molecule is CCOc1ccccc1N1CCN(CCCCN(C(N)=O)c2cn(S(=O)(=O)c3ccccc3)c3ncccc23)CC1. The number of carbonyl (C=O) groups is 1. The number of pyridine rings is 1. The van der Waals surface area contributed by atoms with Gasteiger partial charge in [-0.1, -0.05) is 30.3 Å². The van der Waals surface area contributed by atoms with Crippen molar-refractivity contribution in [3.05, 3.63) is 79.1 Å². The number of hydrogen-bond acceptors (Lipinski definition) is 7. The quantitative estimate of drug-likeness (QED) is 0.267. The molecule has 0 spiro atoms. The molecule has 0 unspecified atom stereocenters. The number of urea groups is 1. The van der Waals surface area contributed by atoms with Crippen LogP contribution in [0.25, 0.3) is 11.0 Å². The zero-order valence-corrected chi connectivity index (χ0v) is 24.0. The molecule has 1 saturated heterocycles. The van der Waals surface area contributed by atoms with E-state index in [-0.39, 0.29) is 10.5 Å². The summed E-state index contributed by atoms with van der Waals surface area (Å²) < 4.78 is 33.8. The molecule has 2 aromatic heterocycles. The van der Waals surface area contributed by atoms with Gasteiger partial charge in [0, 0.05) is 50.5 Å². The van der Waals surface area contributed by atoms with E-state index >= 15 is 0 Å². The number of amides is 2. The van der Waals surface area contributed by atoms with Gasteiger partial charge in [0.05, 0.1) is 22.9 Å². The number of anilines is 2. The van der Waals surface area contributed by atoms with Crippen LogP contribution in [0.4, 0.5) is 16.2 Å². The van der Waals surface area contributed by atoms with Crippen LogP contribution in [0.3, 0.4) is 0 Å². The Balaban J connectivity index is 1.23. The van der Waals surface area contributed by atoms with Gasteiger partial charge in [-0.3, -0.25) is 9.80 Å². The average Bonchev–Trinajstić information content (AvgIpc) is 3.38. The topological polar surface area (TPSA) is 114 Å². The minimum Gasteiger partial charge on any atom is -0.492 e. The zero-order valence-electron chi connectivity index (χ0n) is 23.2. The maximum Gasteiger partial charge on any atom is 0.319 e. The minimum atomic E-state index is -3.92. The van der Waals surface area contributed by atoms with E-state index < -0.39 is 16.1 Å². The number of nitrogens with two attached hydrogens (primary N) is 1. The van der Waals surface area contributed by atoms with Gasteiger partial charge in [0.2, 0.25) is 0 Å². The molecule has 1 fully saturated rings. The van der Waals surface area contributed by atoms with Crippen molar-refractivity contribution in [2.75, 3.05) is 55.7 Å². The highest BCUT2D eigenvalue weighted by Crippen LogP contribution is 2.32. The summed E-state index contributed by atoms with van der Waals surface area (Å²) in [7, 11) is -3.92. The van der Waals surface area contributed by atoms with Crippen LogP contribution in [0.2, 0.25) is 0 Å². The molecule has 0 radical (unpaired) electrons. The highest BCUT2D eigenvalue weighted by molar-refractivity contribution is 7.90. The molecule has 0 atom stereocenters. The molecule has 0 saturated carbocycles. The first-order valence-electron chi connectivity index (χ1n) is 13.9. The van der Waals surface area contributed by atoms with Gasteiger partial charge in [0.1, 0.15) is 5.75 Å². The van der Waals surface area contributed by atoms with Crippen molar-refractivity contribution in [3.63, 3.8) is 0 Å². The van der Waals surface area contributed by atoms with Crippen molar-refractivity contribution in [2.45, 2.75) is 24.7 Å². The molecule has 10 nitrogen and oxygen atoms in total. The number of fused-ring (bicyclic) bond motifs is 1. The fourth-order valence-corrected chi connectivity index (χ4v) is 6.62. The Morgan fingerprint density at radius 2 is 1.71 bits per heavy atom. The normalized spacial score (nSPS) is 14.3. The third kappa shape index (κ3) is 6.15. The van der Waals surface area contributed by atoms with Crippen molar-refractivity contribution < 1.29 is 17.9 Å². The summed E-state index contributed by atoms with van der Waals surface area (Å²) in [5.41, 5.74) is 7.62. The third-order valence-corrected chi connectivity index (χ3v) is 9.02. The number of unbranched alkanes of at least 4 members (excludes halogenated alkanes) is 1. The largest absolute Gasteiger partial charge is 0.492 e. The molecule has 4 aromatic rings. The van der Waals surface area contributed by atoms with E-state index in [2.05, 4.69) is 20.9 Å². The van der Waals surface area contributed by atoms with Crippen LogP contribution >= 0.6 is 0 Å². The predicted molar refractivity (Wildman–Crippen MR) is 161 cm³/mol. The predicted octanol–water partition coefficient (Wildman–Crippen LogP) is 4.16. The summed E-state index contributed by atoms with van der Waals surface area (Å²) in [6.45, 7) is 7.62. The maximum atomic E-state index is 13.4. The number of para-hydroxylation sites is 2. The van der Waals surface area contributed by atoms with Gasteiger partial charge in [-0.15, -0.1) is 0 Å². The fourth-order valence-electron chi connectivity index (χ4n) is 5.28. The minimum absolute atomic E-state index is 0.140. The fraction of sp³-hybridized carbons (Fsp3) is 0.333. The number of primary amides is 1. The van der Waals surface area contributed by atoms with Gasteiger partial charge in [-0.2, -0.15) is 0 Å². The van der Waals surface area contributed by atoms with E-state index in [1.807, 2.05) is 25.1 Å². The summed E-state index contributed by atoms with van der Waals surface area (Å²) in [5, 5.41) is 0.550. The smallest absolute Gasteiger partial charge is 0.319 e. The first-order valence-corrected chi connectivity index (χ1v) is 15.4. The number of benzene rings is 2. The number of piperazine rings is 1.